The summed E-state index contributed by atoms with van der Waals surface area (Å²) in [6, 6.07) is 0.956. The van der Waals surface area contributed by atoms with Gasteiger partial charge in [0.15, 0.2) is 5.69 Å². The number of carboxylic acid groups (broad SMARTS) is 1. The fourth-order valence-corrected chi connectivity index (χ4v) is 1.66. The number of amides is 1. The summed E-state index contributed by atoms with van der Waals surface area (Å²) in [6.07, 6.45) is 0. The molecular weight excluding hydrogens is 228 g/mol. The van der Waals surface area contributed by atoms with Gasteiger partial charge in [-0.3, -0.25) is 9.59 Å². The van der Waals surface area contributed by atoms with Gasteiger partial charge >= 0.3 is 5.97 Å². The molecule has 2 unspecified atom stereocenters. The third kappa shape index (κ3) is 2.44. The Morgan fingerprint density at radius 3 is 2.88 bits per heavy atom. The number of carbonyl (C=O) groups is 2. The van der Waals surface area contributed by atoms with Crippen LogP contribution in [0.25, 0.3) is 0 Å². The molecular formula is C10H12N2O5. The predicted molar refractivity (Wildman–Crippen MR) is 54.4 cm³/mol. The Kier molecular flexibility index (Phi) is 3.10. The number of aryl methyl sites for hydroxylation is 1. The lowest BCUT2D eigenvalue weighted by molar-refractivity contribution is -0.142. The summed E-state index contributed by atoms with van der Waals surface area (Å²) in [5.41, 5.74) is 0.138. The van der Waals surface area contributed by atoms with Crippen molar-refractivity contribution in [3.05, 3.63) is 17.5 Å². The van der Waals surface area contributed by atoms with Crippen LogP contribution >= 0.6 is 0 Å². The van der Waals surface area contributed by atoms with E-state index in [9.17, 15) is 9.59 Å². The Bertz CT molecular complexity index is 442. The molecule has 0 spiro atoms. The van der Waals surface area contributed by atoms with Crippen LogP contribution in [0.5, 0.6) is 0 Å². The maximum absolute atomic E-state index is 11.7. The molecule has 17 heavy (non-hydrogen) atoms. The molecule has 1 aromatic rings. The fraction of sp³-hybridized carbons (Fsp3) is 0.500. The number of carboxylic acids is 1. The number of aliphatic carboxylic acids is 1. The average molecular weight is 240 g/mol. The highest BCUT2D eigenvalue weighted by atomic mass is 16.5. The van der Waals surface area contributed by atoms with Crippen LogP contribution in [0.1, 0.15) is 16.2 Å². The van der Waals surface area contributed by atoms with E-state index in [0.29, 0.717) is 5.76 Å². The standard InChI is InChI=1S/C10H12N2O5/c1-5-2-7(12-17-5)9(13)11-8-4-16-3-6(8)10(14)15/h2,6,8H,3-4H2,1H3,(H,11,13)(H,14,15). The van der Waals surface area contributed by atoms with Gasteiger partial charge in [-0.25, -0.2) is 0 Å². The average Bonchev–Trinajstić information content (AvgIpc) is 2.86. The van der Waals surface area contributed by atoms with Crippen molar-refractivity contribution < 1.29 is 24.0 Å². The lowest BCUT2D eigenvalue weighted by Gasteiger charge is -2.14. The van der Waals surface area contributed by atoms with Gasteiger partial charge in [-0.2, -0.15) is 0 Å². The Morgan fingerprint density at radius 2 is 2.29 bits per heavy atom. The number of ether oxygens (including phenoxy) is 1. The van der Waals surface area contributed by atoms with E-state index in [1.807, 2.05) is 0 Å². The summed E-state index contributed by atoms with van der Waals surface area (Å²) >= 11 is 0. The normalized spacial score (nSPS) is 23.6. The van der Waals surface area contributed by atoms with Gasteiger partial charge < -0.3 is 19.7 Å². The molecule has 1 saturated heterocycles. The highest BCUT2D eigenvalue weighted by molar-refractivity contribution is 5.92. The van der Waals surface area contributed by atoms with Crippen molar-refractivity contribution in [2.45, 2.75) is 13.0 Å². The molecule has 7 nitrogen and oxygen atoms in total. The van der Waals surface area contributed by atoms with E-state index in [1.54, 1.807) is 6.92 Å². The number of carbonyl (C=O) groups excluding carboxylic acids is 1. The van der Waals surface area contributed by atoms with Crippen molar-refractivity contribution in [2.24, 2.45) is 5.92 Å². The van der Waals surface area contributed by atoms with Gasteiger partial charge in [0.2, 0.25) is 0 Å². The van der Waals surface area contributed by atoms with Crippen molar-refractivity contribution in [1.29, 1.82) is 0 Å². The molecule has 1 fully saturated rings. The zero-order valence-corrected chi connectivity index (χ0v) is 9.17. The molecule has 2 rings (SSSR count). The highest BCUT2D eigenvalue weighted by Gasteiger charge is 2.35. The largest absolute Gasteiger partial charge is 0.481 e. The fourth-order valence-electron chi connectivity index (χ4n) is 1.66. The van der Waals surface area contributed by atoms with E-state index in [4.69, 9.17) is 14.4 Å². The number of hydrogen-bond donors (Lipinski definition) is 2. The van der Waals surface area contributed by atoms with Gasteiger partial charge in [0.05, 0.1) is 19.3 Å². The first-order valence-corrected chi connectivity index (χ1v) is 5.12. The van der Waals surface area contributed by atoms with Gasteiger partial charge in [-0.15, -0.1) is 0 Å². The molecule has 2 atom stereocenters. The topological polar surface area (TPSA) is 102 Å². The van der Waals surface area contributed by atoms with Crippen molar-refractivity contribution in [1.82, 2.24) is 10.5 Å². The number of hydrogen-bond acceptors (Lipinski definition) is 5. The zero-order chi connectivity index (χ0) is 12.4. The molecule has 0 aromatic carbocycles. The Morgan fingerprint density at radius 1 is 1.53 bits per heavy atom. The molecule has 0 bridgehead atoms. The van der Waals surface area contributed by atoms with E-state index >= 15 is 0 Å². The van der Waals surface area contributed by atoms with E-state index in [0.717, 1.165) is 0 Å². The van der Waals surface area contributed by atoms with Crippen molar-refractivity contribution in [3.8, 4) is 0 Å². The Balaban J connectivity index is 2.01. The van der Waals surface area contributed by atoms with Crippen LogP contribution in [0.3, 0.4) is 0 Å². The molecule has 1 aliphatic heterocycles. The first-order chi connectivity index (χ1) is 8.08. The molecule has 7 heteroatoms. The molecule has 1 aliphatic rings. The van der Waals surface area contributed by atoms with Crippen LogP contribution in [-0.2, 0) is 9.53 Å². The van der Waals surface area contributed by atoms with Gasteiger partial charge in [0.1, 0.15) is 11.7 Å². The second-order valence-corrected chi connectivity index (χ2v) is 3.88. The second-order valence-electron chi connectivity index (χ2n) is 3.88. The Labute approximate surface area is 96.7 Å². The van der Waals surface area contributed by atoms with E-state index in [2.05, 4.69) is 10.5 Å². The van der Waals surface area contributed by atoms with Gasteiger partial charge in [-0.1, -0.05) is 5.16 Å². The summed E-state index contributed by atoms with van der Waals surface area (Å²) < 4.78 is 9.80. The number of aromatic nitrogens is 1. The van der Waals surface area contributed by atoms with Crippen molar-refractivity contribution in [2.75, 3.05) is 13.2 Å². The summed E-state index contributed by atoms with van der Waals surface area (Å²) in [4.78, 5) is 22.6. The maximum Gasteiger partial charge on any atom is 0.311 e. The molecule has 2 heterocycles. The second kappa shape index (κ2) is 4.54. The van der Waals surface area contributed by atoms with Gasteiger partial charge in [-0.05, 0) is 6.92 Å². The molecule has 0 aliphatic carbocycles. The first kappa shape index (κ1) is 11.6. The van der Waals surface area contributed by atoms with Crippen LogP contribution in [-0.4, -0.2) is 41.4 Å². The number of rotatable bonds is 3. The first-order valence-electron chi connectivity index (χ1n) is 5.12. The van der Waals surface area contributed by atoms with E-state index in [-0.39, 0.29) is 18.9 Å². The number of nitrogens with one attached hydrogen (secondary N) is 1. The third-order valence-corrected chi connectivity index (χ3v) is 2.57. The van der Waals surface area contributed by atoms with Crippen LogP contribution in [0.4, 0.5) is 0 Å². The van der Waals surface area contributed by atoms with E-state index in [1.165, 1.54) is 6.07 Å². The van der Waals surface area contributed by atoms with E-state index < -0.39 is 23.8 Å². The monoisotopic (exact) mass is 240 g/mol. The van der Waals surface area contributed by atoms with Crippen LogP contribution in [0.15, 0.2) is 10.6 Å². The summed E-state index contributed by atoms with van der Waals surface area (Å²) in [7, 11) is 0. The van der Waals surface area contributed by atoms with Gasteiger partial charge in [0, 0.05) is 6.07 Å². The minimum absolute atomic E-state index is 0.109. The van der Waals surface area contributed by atoms with Crippen LogP contribution in [0.2, 0.25) is 0 Å². The van der Waals surface area contributed by atoms with Crippen molar-refractivity contribution >= 4 is 11.9 Å². The summed E-state index contributed by atoms with van der Waals surface area (Å²) in [5.74, 6) is -1.63. The Hall–Kier alpha value is -1.89. The lowest BCUT2D eigenvalue weighted by Crippen LogP contribution is -2.42. The minimum Gasteiger partial charge on any atom is -0.481 e. The smallest absolute Gasteiger partial charge is 0.311 e. The molecule has 1 amide bonds. The van der Waals surface area contributed by atoms with Crippen LogP contribution < -0.4 is 5.32 Å². The maximum atomic E-state index is 11.7. The lowest BCUT2D eigenvalue weighted by atomic mass is 10.0. The molecule has 92 valence electrons. The molecule has 0 radical (unpaired) electrons. The molecule has 0 saturated carbocycles. The summed E-state index contributed by atoms with van der Waals surface area (Å²) in [6.45, 7) is 1.97. The summed E-state index contributed by atoms with van der Waals surface area (Å²) in [5, 5.41) is 15.0. The minimum atomic E-state index is -0.982. The van der Waals surface area contributed by atoms with Crippen molar-refractivity contribution in [3.63, 3.8) is 0 Å². The third-order valence-electron chi connectivity index (χ3n) is 2.57. The quantitative estimate of drug-likeness (QED) is 0.759. The molecule has 2 N–H and O–H groups in total. The molecule has 1 aromatic heterocycles. The zero-order valence-electron chi connectivity index (χ0n) is 9.17. The number of nitrogens with zero attached hydrogens (tertiary/aromatic N) is 1. The SMILES string of the molecule is Cc1cc(C(=O)NC2COCC2C(=O)O)no1. The predicted octanol–water partition coefficient (Wildman–Crippen LogP) is -0.188. The van der Waals surface area contributed by atoms with Gasteiger partial charge in [0.25, 0.3) is 5.91 Å². The highest BCUT2D eigenvalue weighted by Crippen LogP contribution is 2.14. The van der Waals surface area contributed by atoms with Crippen LogP contribution in [0, 0.1) is 12.8 Å².